The van der Waals surface area contributed by atoms with Gasteiger partial charge < -0.3 is 0 Å². The number of hydrogen-bond acceptors (Lipinski definition) is 4. The van der Waals surface area contributed by atoms with E-state index in [-0.39, 0.29) is 17.1 Å². The van der Waals surface area contributed by atoms with E-state index in [2.05, 4.69) is 20.5 Å². The normalized spacial score (nSPS) is 11.6. The second-order valence-corrected chi connectivity index (χ2v) is 4.28. The Hall–Kier alpha value is -2.84. The SMILES string of the molecule is Fc1ccccc1-n1nnnc1-c1cnccc1C(F)(F)F. The van der Waals surface area contributed by atoms with Crippen LogP contribution in [-0.2, 0) is 6.18 Å². The number of pyridine rings is 1. The number of hydrogen-bond donors (Lipinski definition) is 0. The fraction of sp³-hybridized carbons (Fsp3) is 0.0769. The van der Waals surface area contributed by atoms with Crippen molar-refractivity contribution in [1.82, 2.24) is 25.2 Å². The Kier molecular flexibility index (Phi) is 3.32. The van der Waals surface area contributed by atoms with Gasteiger partial charge in [-0.15, -0.1) is 5.10 Å². The van der Waals surface area contributed by atoms with Crippen molar-refractivity contribution in [3.63, 3.8) is 0 Å². The first kappa shape index (κ1) is 14.1. The highest BCUT2D eigenvalue weighted by molar-refractivity contribution is 5.61. The third-order valence-corrected chi connectivity index (χ3v) is 2.92. The highest BCUT2D eigenvalue weighted by Crippen LogP contribution is 2.36. The van der Waals surface area contributed by atoms with Gasteiger partial charge in [-0.2, -0.15) is 17.9 Å². The maximum atomic E-state index is 13.8. The van der Waals surface area contributed by atoms with Crippen LogP contribution in [0.4, 0.5) is 17.6 Å². The molecule has 0 aliphatic rings. The van der Waals surface area contributed by atoms with E-state index in [4.69, 9.17) is 0 Å². The third kappa shape index (κ3) is 2.41. The van der Waals surface area contributed by atoms with Crippen molar-refractivity contribution in [2.75, 3.05) is 0 Å². The predicted octanol–water partition coefficient (Wildman–Crippen LogP) is 2.88. The van der Waals surface area contributed by atoms with Crippen molar-refractivity contribution < 1.29 is 17.6 Å². The molecule has 22 heavy (non-hydrogen) atoms. The van der Waals surface area contributed by atoms with E-state index in [9.17, 15) is 17.6 Å². The summed E-state index contributed by atoms with van der Waals surface area (Å²) in [6.45, 7) is 0. The van der Waals surface area contributed by atoms with Gasteiger partial charge in [-0.05, 0) is 28.6 Å². The lowest BCUT2D eigenvalue weighted by atomic mass is 10.1. The molecule has 0 radical (unpaired) electrons. The number of alkyl halides is 3. The molecule has 0 aliphatic heterocycles. The fourth-order valence-electron chi connectivity index (χ4n) is 1.96. The fourth-order valence-corrected chi connectivity index (χ4v) is 1.96. The van der Waals surface area contributed by atoms with Crippen LogP contribution in [0.1, 0.15) is 5.56 Å². The molecule has 0 bridgehead atoms. The molecule has 0 aliphatic carbocycles. The molecular weight excluding hydrogens is 302 g/mol. The molecular formula is C13H7F4N5. The Balaban J connectivity index is 2.21. The van der Waals surface area contributed by atoms with Crippen LogP contribution in [0.5, 0.6) is 0 Å². The first-order valence-electron chi connectivity index (χ1n) is 6.03. The maximum absolute atomic E-state index is 13.8. The summed E-state index contributed by atoms with van der Waals surface area (Å²) in [7, 11) is 0. The Morgan fingerprint density at radius 2 is 1.82 bits per heavy atom. The predicted molar refractivity (Wildman–Crippen MR) is 67.3 cm³/mol. The van der Waals surface area contributed by atoms with E-state index in [0.717, 1.165) is 29.2 Å². The molecule has 1 aromatic carbocycles. The molecule has 0 N–H and O–H groups in total. The van der Waals surface area contributed by atoms with Crippen LogP contribution >= 0.6 is 0 Å². The van der Waals surface area contributed by atoms with Crippen LogP contribution in [0, 0.1) is 5.82 Å². The molecule has 0 fully saturated rings. The van der Waals surface area contributed by atoms with Gasteiger partial charge in [0.2, 0.25) is 0 Å². The Morgan fingerprint density at radius 3 is 2.55 bits per heavy atom. The zero-order valence-corrected chi connectivity index (χ0v) is 10.8. The quantitative estimate of drug-likeness (QED) is 0.683. The van der Waals surface area contributed by atoms with Gasteiger partial charge in [0.05, 0.1) is 11.1 Å². The summed E-state index contributed by atoms with van der Waals surface area (Å²) in [5.41, 5.74) is -1.34. The molecule has 0 unspecified atom stereocenters. The lowest BCUT2D eigenvalue weighted by molar-refractivity contribution is -0.137. The molecule has 0 saturated heterocycles. The van der Waals surface area contributed by atoms with Crippen molar-refractivity contribution in [3.05, 3.63) is 54.1 Å². The van der Waals surface area contributed by atoms with Crippen LogP contribution in [0.2, 0.25) is 0 Å². The third-order valence-electron chi connectivity index (χ3n) is 2.92. The molecule has 0 amide bonds. The lowest BCUT2D eigenvalue weighted by Crippen LogP contribution is -2.10. The summed E-state index contributed by atoms with van der Waals surface area (Å²) in [4.78, 5) is 3.67. The van der Waals surface area contributed by atoms with E-state index in [1.54, 1.807) is 0 Å². The van der Waals surface area contributed by atoms with Gasteiger partial charge in [0.25, 0.3) is 0 Å². The zero-order chi connectivity index (χ0) is 15.7. The van der Waals surface area contributed by atoms with Crippen LogP contribution in [0.3, 0.4) is 0 Å². The summed E-state index contributed by atoms with van der Waals surface area (Å²) in [6, 6.07) is 6.31. The average molecular weight is 309 g/mol. The summed E-state index contributed by atoms with van der Waals surface area (Å²) in [6.07, 6.45) is -2.60. The number of rotatable bonds is 2. The van der Waals surface area contributed by atoms with Crippen molar-refractivity contribution in [1.29, 1.82) is 0 Å². The number of benzene rings is 1. The van der Waals surface area contributed by atoms with Gasteiger partial charge in [0.15, 0.2) is 5.82 Å². The van der Waals surface area contributed by atoms with Crippen LogP contribution in [-0.4, -0.2) is 25.2 Å². The molecule has 112 valence electrons. The number of nitrogens with zero attached hydrogens (tertiary/aromatic N) is 5. The lowest BCUT2D eigenvalue weighted by Gasteiger charge is -2.12. The van der Waals surface area contributed by atoms with Gasteiger partial charge in [-0.25, -0.2) is 4.39 Å². The monoisotopic (exact) mass is 309 g/mol. The van der Waals surface area contributed by atoms with Crippen molar-refractivity contribution in [3.8, 4) is 17.1 Å². The van der Waals surface area contributed by atoms with Gasteiger partial charge in [-0.1, -0.05) is 12.1 Å². The first-order chi connectivity index (χ1) is 10.5. The molecule has 3 aromatic rings. The second kappa shape index (κ2) is 5.17. The first-order valence-corrected chi connectivity index (χ1v) is 6.03. The largest absolute Gasteiger partial charge is 0.417 e. The van der Waals surface area contributed by atoms with E-state index >= 15 is 0 Å². The van der Waals surface area contributed by atoms with Gasteiger partial charge in [-0.3, -0.25) is 4.98 Å². The molecule has 3 rings (SSSR count). The minimum Gasteiger partial charge on any atom is -0.264 e. The Bertz CT molecular complexity index is 812. The Labute approximate surface area is 121 Å². The zero-order valence-electron chi connectivity index (χ0n) is 10.8. The van der Waals surface area contributed by atoms with E-state index in [1.165, 1.54) is 18.2 Å². The molecule has 0 atom stereocenters. The summed E-state index contributed by atoms with van der Waals surface area (Å²) in [5, 5.41) is 10.5. The van der Waals surface area contributed by atoms with Crippen LogP contribution < -0.4 is 0 Å². The minimum atomic E-state index is -4.61. The van der Waals surface area contributed by atoms with Gasteiger partial charge >= 0.3 is 6.18 Å². The van der Waals surface area contributed by atoms with Crippen molar-refractivity contribution >= 4 is 0 Å². The summed E-state index contributed by atoms with van der Waals surface area (Å²) >= 11 is 0. The number of halogens is 4. The Morgan fingerprint density at radius 1 is 1.05 bits per heavy atom. The highest BCUT2D eigenvalue weighted by atomic mass is 19.4. The highest BCUT2D eigenvalue weighted by Gasteiger charge is 2.35. The smallest absolute Gasteiger partial charge is 0.264 e. The molecule has 5 nitrogen and oxygen atoms in total. The van der Waals surface area contributed by atoms with Gasteiger partial charge in [0, 0.05) is 12.4 Å². The van der Waals surface area contributed by atoms with Crippen molar-refractivity contribution in [2.24, 2.45) is 0 Å². The number of tetrazole rings is 1. The van der Waals surface area contributed by atoms with E-state index in [1.807, 2.05) is 0 Å². The summed E-state index contributed by atoms with van der Waals surface area (Å²) < 4.78 is 54.0. The molecule has 0 spiro atoms. The standard InChI is InChI=1S/C13H7F4N5/c14-10-3-1-2-4-11(10)22-12(19-20-21-22)8-7-18-6-5-9(8)13(15,16)17/h1-7H. The van der Waals surface area contributed by atoms with E-state index < -0.39 is 17.6 Å². The maximum Gasteiger partial charge on any atom is 0.417 e. The number of para-hydroxylation sites is 1. The molecule has 9 heteroatoms. The van der Waals surface area contributed by atoms with Gasteiger partial charge in [0.1, 0.15) is 11.5 Å². The minimum absolute atomic E-state index is 0.0560. The molecule has 2 aromatic heterocycles. The number of aromatic nitrogens is 5. The second-order valence-electron chi connectivity index (χ2n) is 4.28. The summed E-state index contributed by atoms with van der Waals surface area (Å²) in [5.74, 6) is -0.904. The van der Waals surface area contributed by atoms with Crippen LogP contribution in [0.25, 0.3) is 17.1 Å². The molecule has 2 heterocycles. The average Bonchev–Trinajstić information content (AvgIpc) is 2.96. The van der Waals surface area contributed by atoms with Crippen LogP contribution in [0.15, 0.2) is 42.7 Å². The van der Waals surface area contributed by atoms with E-state index in [0.29, 0.717) is 0 Å². The molecule has 0 saturated carbocycles. The van der Waals surface area contributed by atoms with Crippen molar-refractivity contribution in [2.45, 2.75) is 6.18 Å². The topological polar surface area (TPSA) is 56.5 Å².